The van der Waals surface area contributed by atoms with Gasteiger partial charge in [0.1, 0.15) is 5.82 Å². The van der Waals surface area contributed by atoms with Gasteiger partial charge in [-0.15, -0.1) is 0 Å². The molecular weight excluding hydrogens is 253 g/mol. The molecule has 0 radical (unpaired) electrons. The van der Waals surface area contributed by atoms with Crippen molar-refractivity contribution in [3.8, 4) is 0 Å². The van der Waals surface area contributed by atoms with Crippen LogP contribution in [0.15, 0.2) is 42.5 Å². The van der Waals surface area contributed by atoms with E-state index in [1.165, 1.54) is 17.7 Å². The van der Waals surface area contributed by atoms with Gasteiger partial charge in [-0.25, -0.2) is 4.39 Å². The van der Waals surface area contributed by atoms with Gasteiger partial charge in [0.05, 0.1) is 0 Å². The molecule has 0 spiro atoms. The van der Waals surface area contributed by atoms with Crippen molar-refractivity contribution in [2.45, 2.75) is 26.7 Å². The number of benzene rings is 2. The molecule has 3 heteroatoms. The summed E-state index contributed by atoms with van der Waals surface area (Å²) in [6.45, 7) is 5.98. The molecule has 1 amide bonds. The van der Waals surface area contributed by atoms with Crippen molar-refractivity contribution in [3.05, 3.63) is 65.0 Å². The molecule has 2 aromatic rings. The fourth-order valence-corrected chi connectivity index (χ4v) is 1.98. The van der Waals surface area contributed by atoms with Crippen LogP contribution in [-0.2, 0) is 0 Å². The van der Waals surface area contributed by atoms with Gasteiger partial charge < -0.3 is 5.32 Å². The lowest BCUT2D eigenvalue weighted by molar-refractivity contribution is 0.102. The monoisotopic (exact) mass is 271 g/mol. The molecule has 0 aliphatic rings. The number of amides is 1. The molecule has 0 heterocycles. The molecule has 0 aromatic heterocycles. The number of halogens is 1. The lowest BCUT2D eigenvalue weighted by atomic mass is 10.0. The number of rotatable bonds is 3. The third-order valence-electron chi connectivity index (χ3n) is 3.28. The summed E-state index contributed by atoms with van der Waals surface area (Å²) in [7, 11) is 0. The van der Waals surface area contributed by atoms with Crippen LogP contribution < -0.4 is 5.32 Å². The Labute approximate surface area is 118 Å². The van der Waals surface area contributed by atoms with Gasteiger partial charge in [0, 0.05) is 11.3 Å². The van der Waals surface area contributed by atoms with Crippen molar-refractivity contribution in [3.63, 3.8) is 0 Å². The molecule has 2 nitrogen and oxygen atoms in total. The van der Waals surface area contributed by atoms with Crippen LogP contribution in [0.2, 0.25) is 0 Å². The van der Waals surface area contributed by atoms with E-state index in [9.17, 15) is 9.18 Å². The Hall–Kier alpha value is -2.16. The maximum absolute atomic E-state index is 13.0. The van der Waals surface area contributed by atoms with E-state index in [2.05, 4.69) is 19.2 Å². The second kappa shape index (κ2) is 5.87. The molecule has 1 N–H and O–H groups in total. The van der Waals surface area contributed by atoms with E-state index in [-0.39, 0.29) is 11.7 Å². The summed E-state index contributed by atoms with van der Waals surface area (Å²) >= 11 is 0. The molecule has 0 aliphatic heterocycles. The van der Waals surface area contributed by atoms with Crippen molar-refractivity contribution < 1.29 is 9.18 Å². The van der Waals surface area contributed by atoms with Crippen LogP contribution >= 0.6 is 0 Å². The third kappa shape index (κ3) is 3.23. The average Bonchev–Trinajstić information content (AvgIpc) is 2.42. The zero-order valence-electron chi connectivity index (χ0n) is 11.9. The fourth-order valence-electron chi connectivity index (χ4n) is 1.98. The molecule has 2 rings (SSSR count). The third-order valence-corrected chi connectivity index (χ3v) is 3.28. The molecule has 0 bridgehead atoms. The summed E-state index contributed by atoms with van der Waals surface area (Å²) in [4.78, 5) is 12.1. The van der Waals surface area contributed by atoms with Gasteiger partial charge in [-0.2, -0.15) is 0 Å². The molecule has 2 aromatic carbocycles. The normalized spacial score (nSPS) is 10.7. The Morgan fingerprint density at radius 1 is 1.10 bits per heavy atom. The van der Waals surface area contributed by atoms with Gasteiger partial charge >= 0.3 is 0 Å². The highest BCUT2D eigenvalue weighted by Crippen LogP contribution is 2.18. The topological polar surface area (TPSA) is 29.1 Å². The molecule has 0 aliphatic carbocycles. The largest absolute Gasteiger partial charge is 0.322 e. The molecule has 0 saturated heterocycles. The first-order chi connectivity index (χ1) is 9.47. The van der Waals surface area contributed by atoms with Crippen LogP contribution in [0.1, 0.15) is 41.3 Å². The van der Waals surface area contributed by atoms with E-state index in [0.717, 1.165) is 0 Å². The summed E-state index contributed by atoms with van der Waals surface area (Å²) in [5, 5.41) is 2.80. The van der Waals surface area contributed by atoms with Crippen molar-refractivity contribution in [2.75, 3.05) is 5.32 Å². The summed E-state index contributed by atoms with van der Waals surface area (Å²) in [6, 6.07) is 11.8. The molecule has 20 heavy (non-hydrogen) atoms. The van der Waals surface area contributed by atoms with E-state index < -0.39 is 0 Å². The van der Waals surface area contributed by atoms with E-state index in [0.29, 0.717) is 22.7 Å². The smallest absolute Gasteiger partial charge is 0.255 e. The highest BCUT2D eigenvalue weighted by atomic mass is 19.1. The quantitative estimate of drug-likeness (QED) is 0.874. The molecule has 0 atom stereocenters. The predicted octanol–water partition coefficient (Wildman–Crippen LogP) is 4.51. The van der Waals surface area contributed by atoms with E-state index in [1.807, 2.05) is 24.3 Å². The van der Waals surface area contributed by atoms with E-state index in [4.69, 9.17) is 0 Å². The van der Waals surface area contributed by atoms with Gasteiger partial charge in [0.15, 0.2) is 0 Å². The van der Waals surface area contributed by atoms with Crippen LogP contribution in [0.5, 0.6) is 0 Å². The molecule has 0 unspecified atom stereocenters. The lowest BCUT2D eigenvalue weighted by Crippen LogP contribution is -2.12. The standard InChI is InChI=1S/C17H18FNO/c1-11(2)13-4-6-14(7-5-13)17(20)19-16-9-8-15(18)10-12(16)3/h4-11H,1-3H3,(H,19,20). The fraction of sp³-hybridized carbons (Fsp3) is 0.235. The Morgan fingerprint density at radius 2 is 1.75 bits per heavy atom. The zero-order valence-corrected chi connectivity index (χ0v) is 11.9. The molecule has 104 valence electrons. The number of carbonyl (C=O) groups is 1. The van der Waals surface area contributed by atoms with Crippen LogP contribution in [0.4, 0.5) is 10.1 Å². The Kier molecular flexibility index (Phi) is 4.18. The Morgan fingerprint density at radius 3 is 2.30 bits per heavy atom. The van der Waals surface area contributed by atoms with Crippen LogP contribution in [0.3, 0.4) is 0 Å². The molecule has 0 saturated carbocycles. The van der Waals surface area contributed by atoms with Crippen LogP contribution in [0, 0.1) is 12.7 Å². The van der Waals surface area contributed by atoms with Gasteiger partial charge in [0.25, 0.3) is 5.91 Å². The summed E-state index contributed by atoms with van der Waals surface area (Å²) in [6.07, 6.45) is 0. The minimum Gasteiger partial charge on any atom is -0.322 e. The lowest BCUT2D eigenvalue weighted by Gasteiger charge is -2.10. The summed E-state index contributed by atoms with van der Waals surface area (Å²) < 4.78 is 13.0. The minimum absolute atomic E-state index is 0.185. The van der Waals surface area contributed by atoms with Crippen molar-refractivity contribution >= 4 is 11.6 Å². The second-order valence-electron chi connectivity index (χ2n) is 5.19. The number of hydrogen-bond donors (Lipinski definition) is 1. The first-order valence-corrected chi connectivity index (χ1v) is 6.65. The number of nitrogens with one attached hydrogen (secondary N) is 1. The predicted molar refractivity (Wildman–Crippen MR) is 79.6 cm³/mol. The van der Waals surface area contributed by atoms with Crippen molar-refractivity contribution in [1.29, 1.82) is 0 Å². The summed E-state index contributed by atoms with van der Waals surface area (Å²) in [5.74, 6) is -0.0525. The van der Waals surface area contributed by atoms with E-state index >= 15 is 0 Å². The van der Waals surface area contributed by atoms with Gasteiger partial charge in [-0.1, -0.05) is 26.0 Å². The Bertz CT molecular complexity index is 617. The first-order valence-electron chi connectivity index (χ1n) is 6.65. The second-order valence-corrected chi connectivity index (χ2v) is 5.19. The molecular formula is C17H18FNO. The average molecular weight is 271 g/mol. The summed E-state index contributed by atoms with van der Waals surface area (Å²) in [5.41, 5.74) is 3.12. The zero-order chi connectivity index (χ0) is 14.7. The van der Waals surface area contributed by atoms with Gasteiger partial charge in [0.2, 0.25) is 0 Å². The van der Waals surface area contributed by atoms with Crippen LogP contribution in [0.25, 0.3) is 0 Å². The van der Waals surface area contributed by atoms with Crippen LogP contribution in [-0.4, -0.2) is 5.91 Å². The molecule has 0 fully saturated rings. The maximum Gasteiger partial charge on any atom is 0.255 e. The Balaban J connectivity index is 2.15. The van der Waals surface area contributed by atoms with Gasteiger partial charge in [-0.3, -0.25) is 4.79 Å². The number of aryl methyl sites for hydroxylation is 1. The number of carbonyl (C=O) groups excluding carboxylic acids is 1. The highest BCUT2D eigenvalue weighted by molar-refractivity contribution is 6.04. The van der Waals surface area contributed by atoms with Crippen molar-refractivity contribution in [2.24, 2.45) is 0 Å². The number of hydrogen-bond acceptors (Lipinski definition) is 1. The minimum atomic E-state index is -0.304. The van der Waals surface area contributed by atoms with Crippen molar-refractivity contribution in [1.82, 2.24) is 0 Å². The number of anilines is 1. The first kappa shape index (κ1) is 14.3. The maximum atomic E-state index is 13.0. The highest BCUT2D eigenvalue weighted by Gasteiger charge is 2.08. The SMILES string of the molecule is Cc1cc(F)ccc1NC(=O)c1ccc(C(C)C)cc1. The van der Waals surface area contributed by atoms with Gasteiger partial charge in [-0.05, 0) is 54.3 Å². The van der Waals surface area contributed by atoms with E-state index in [1.54, 1.807) is 13.0 Å².